The Morgan fingerprint density at radius 1 is 1.05 bits per heavy atom. The third-order valence-corrected chi connectivity index (χ3v) is 4.50. The van der Waals surface area contributed by atoms with E-state index in [1.54, 1.807) is 0 Å². The number of hydrogen-bond donors (Lipinski definition) is 1. The van der Waals surface area contributed by atoms with Crippen molar-refractivity contribution < 1.29 is 4.79 Å². The van der Waals surface area contributed by atoms with E-state index in [1.807, 2.05) is 62.4 Å². The predicted octanol–water partition coefficient (Wildman–Crippen LogP) is 4.68. The average molecular weight is 308 g/mol. The van der Waals surface area contributed by atoms with Crippen LogP contribution in [0.15, 0.2) is 54.6 Å². The van der Waals surface area contributed by atoms with Crippen LogP contribution >= 0.6 is 11.3 Å². The van der Waals surface area contributed by atoms with Crippen LogP contribution in [0.5, 0.6) is 0 Å². The van der Waals surface area contributed by atoms with Crippen LogP contribution in [0.25, 0.3) is 10.6 Å². The fourth-order valence-electron chi connectivity index (χ4n) is 2.22. The van der Waals surface area contributed by atoms with Crippen molar-refractivity contribution in [1.29, 1.82) is 0 Å². The molecular weight excluding hydrogens is 292 g/mol. The molecule has 4 heteroatoms. The minimum absolute atomic E-state index is 0.111. The summed E-state index contributed by atoms with van der Waals surface area (Å²) >= 11 is 1.43. The van der Waals surface area contributed by atoms with E-state index >= 15 is 0 Å². The monoisotopic (exact) mass is 308 g/mol. The van der Waals surface area contributed by atoms with Crippen molar-refractivity contribution in [3.8, 4) is 10.6 Å². The zero-order chi connectivity index (χ0) is 15.5. The van der Waals surface area contributed by atoms with Gasteiger partial charge in [0.1, 0.15) is 9.88 Å². The second kappa shape index (κ2) is 6.12. The number of thiazole rings is 1. The standard InChI is InChI=1S/C18H16N2OS/c1-12-7-6-8-14(11-12)18-19-13(2)16(22-18)17(21)20-15-9-4-3-5-10-15/h3-11H,1-2H3,(H,20,21). The lowest BCUT2D eigenvalue weighted by atomic mass is 10.1. The summed E-state index contributed by atoms with van der Waals surface area (Å²) in [4.78, 5) is 17.6. The molecule has 3 nitrogen and oxygen atoms in total. The molecular formula is C18H16N2OS. The van der Waals surface area contributed by atoms with Crippen LogP contribution in [0.4, 0.5) is 5.69 Å². The maximum absolute atomic E-state index is 12.4. The number of anilines is 1. The molecule has 0 atom stereocenters. The fourth-order valence-corrected chi connectivity index (χ4v) is 3.18. The molecule has 0 aliphatic carbocycles. The van der Waals surface area contributed by atoms with E-state index in [0.717, 1.165) is 22.0 Å². The molecule has 0 aliphatic heterocycles. The second-order valence-corrected chi connectivity index (χ2v) is 6.12. The zero-order valence-corrected chi connectivity index (χ0v) is 13.3. The van der Waals surface area contributed by atoms with Gasteiger partial charge in [-0.25, -0.2) is 4.98 Å². The van der Waals surface area contributed by atoms with Gasteiger partial charge in [0.2, 0.25) is 0 Å². The number of nitrogens with zero attached hydrogens (tertiary/aromatic N) is 1. The number of aromatic nitrogens is 1. The van der Waals surface area contributed by atoms with Crippen LogP contribution in [0.1, 0.15) is 20.9 Å². The van der Waals surface area contributed by atoms with Gasteiger partial charge >= 0.3 is 0 Å². The molecule has 0 fully saturated rings. The molecule has 1 amide bonds. The minimum atomic E-state index is -0.111. The number of nitrogens with one attached hydrogen (secondary N) is 1. The average Bonchev–Trinajstić information content (AvgIpc) is 2.90. The third-order valence-electron chi connectivity index (χ3n) is 3.30. The van der Waals surface area contributed by atoms with E-state index in [1.165, 1.54) is 16.9 Å². The fraction of sp³-hybridized carbons (Fsp3) is 0.111. The molecule has 0 spiro atoms. The van der Waals surface area contributed by atoms with Gasteiger partial charge in [-0.2, -0.15) is 0 Å². The first kappa shape index (κ1) is 14.5. The molecule has 0 aliphatic rings. The number of carbonyl (C=O) groups excluding carboxylic acids is 1. The van der Waals surface area contributed by atoms with Gasteiger partial charge in [-0.15, -0.1) is 11.3 Å². The zero-order valence-electron chi connectivity index (χ0n) is 12.5. The van der Waals surface area contributed by atoms with Crippen LogP contribution in [0.2, 0.25) is 0 Å². The van der Waals surface area contributed by atoms with Gasteiger partial charge in [0, 0.05) is 11.3 Å². The van der Waals surface area contributed by atoms with Crippen LogP contribution in [-0.2, 0) is 0 Å². The van der Waals surface area contributed by atoms with Gasteiger partial charge in [0.05, 0.1) is 5.69 Å². The number of amides is 1. The number of carbonyl (C=O) groups is 1. The van der Waals surface area contributed by atoms with Crippen molar-refractivity contribution in [1.82, 2.24) is 4.98 Å². The smallest absolute Gasteiger partial charge is 0.267 e. The maximum atomic E-state index is 12.4. The molecule has 0 saturated heterocycles. The van der Waals surface area contributed by atoms with E-state index in [9.17, 15) is 4.79 Å². The molecule has 1 aromatic heterocycles. The lowest BCUT2D eigenvalue weighted by Gasteiger charge is -2.02. The molecule has 1 heterocycles. The predicted molar refractivity (Wildman–Crippen MR) is 91.4 cm³/mol. The van der Waals surface area contributed by atoms with Gasteiger partial charge < -0.3 is 5.32 Å². The summed E-state index contributed by atoms with van der Waals surface area (Å²) in [6.45, 7) is 3.92. The van der Waals surface area contributed by atoms with Crippen molar-refractivity contribution >= 4 is 22.9 Å². The molecule has 22 heavy (non-hydrogen) atoms. The Labute approximate surface area is 133 Å². The van der Waals surface area contributed by atoms with Gasteiger partial charge in [-0.3, -0.25) is 4.79 Å². The highest BCUT2D eigenvalue weighted by molar-refractivity contribution is 7.17. The molecule has 110 valence electrons. The summed E-state index contributed by atoms with van der Waals surface area (Å²) in [5, 5.41) is 3.78. The van der Waals surface area contributed by atoms with Crippen LogP contribution in [0.3, 0.4) is 0 Å². The van der Waals surface area contributed by atoms with Gasteiger partial charge in [0.25, 0.3) is 5.91 Å². The molecule has 0 radical (unpaired) electrons. The van der Waals surface area contributed by atoms with E-state index in [0.29, 0.717) is 4.88 Å². The maximum Gasteiger partial charge on any atom is 0.267 e. The van der Waals surface area contributed by atoms with Gasteiger partial charge in [-0.05, 0) is 32.0 Å². The molecule has 3 aromatic rings. The number of hydrogen-bond acceptors (Lipinski definition) is 3. The molecule has 0 bridgehead atoms. The first-order chi connectivity index (χ1) is 10.6. The topological polar surface area (TPSA) is 42.0 Å². The molecule has 2 aromatic carbocycles. The van der Waals surface area contributed by atoms with Crippen molar-refractivity contribution in [2.24, 2.45) is 0 Å². The number of benzene rings is 2. The second-order valence-electron chi connectivity index (χ2n) is 5.12. The minimum Gasteiger partial charge on any atom is -0.321 e. The summed E-state index contributed by atoms with van der Waals surface area (Å²) in [6, 6.07) is 17.6. The Morgan fingerprint density at radius 2 is 1.82 bits per heavy atom. The van der Waals surface area contributed by atoms with Gasteiger partial charge in [0.15, 0.2) is 0 Å². The largest absolute Gasteiger partial charge is 0.321 e. The van der Waals surface area contributed by atoms with Crippen molar-refractivity contribution in [3.63, 3.8) is 0 Å². The first-order valence-electron chi connectivity index (χ1n) is 7.04. The first-order valence-corrected chi connectivity index (χ1v) is 7.86. The quantitative estimate of drug-likeness (QED) is 0.763. The van der Waals surface area contributed by atoms with E-state index in [2.05, 4.69) is 16.4 Å². The number of aryl methyl sites for hydroxylation is 2. The third kappa shape index (κ3) is 3.07. The molecule has 3 rings (SSSR count). The SMILES string of the molecule is Cc1cccc(-c2nc(C)c(C(=O)Nc3ccccc3)s2)c1. The van der Waals surface area contributed by atoms with E-state index in [-0.39, 0.29) is 5.91 Å². The molecule has 0 unspecified atom stereocenters. The normalized spacial score (nSPS) is 10.5. The summed E-state index contributed by atoms with van der Waals surface area (Å²) in [5.74, 6) is -0.111. The van der Waals surface area contributed by atoms with E-state index < -0.39 is 0 Å². The Morgan fingerprint density at radius 3 is 2.55 bits per heavy atom. The summed E-state index contributed by atoms with van der Waals surface area (Å²) < 4.78 is 0. The summed E-state index contributed by atoms with van der Waals surface area (Å²) in [5.41, 5.74) is 3.78. The molecule has 0 saturated carbocycles. The summed E-state index contributed by atoms with van der Waals surface area (Å²) in [6.07, 6.45) is 0. The Bertz CT molecular complexity index is 809. The van der Waals surface area contributed by atoms with E-state index in [4.69, 9.17) is 0 Å². The van der Waals surface area contributed by atoms with Gasteiger partial charge in [-0.1, -0.05) is 42.0 Å². The number of rotatable bonds is 3. The Hall–Kier alpha value is -2.46. The van der Waals surface area contributed by atoms with Crippen molar-refractivity contribution in [2.75, 3.05) is 5.32 Å². The Kier molecular flexibility index (Phi) is 4.02. The highest BCUT2D eigenvalue weighted by Crippen LogP contribution is 2.29. The van der Waals surface area contributed by atoms with Crippen LogP contribution in [-0.4, -0.2) is 10.9 Å². The summed E-state index contributed by atoms with van der Waals surface area (Å²) in [7, 11) is 0. The van der Waals surface area contributed by atoms with Crippen molar-refractivity contribution in [2.45, 2.75) is 13.8 Å². The highest BCUT2D eigenvalue weighted by Gasteiger charge is 2.16. The lowest BCUT2D eigenvalue weighted by molar-refractivity contribution is 0.103. The molecule has 1 N–H and O–H groups in total. The van der Waals surface area contributed by atoms with Crippen molar-refractivity contribution in [3.05, 3.63) is 70.7 Å². The highest BCUT2D eigenvalue weighted by atomic mass is 32.1. The van der Waals surface area contributed by atoms with Crippen LogP contribution in [0, 0.1) is 13.8 Å². The lowest BCUT2D eigenvalue weighted by Crippen LogP contribution is -2.11. The number of para-hydroxylation sites is 1. The van der Waals surface area contributed by atoms with Crippen LogP contribution < -0.4 is 5.32 Å². The Balaban J connectivity index is 1.88.